The van der Waals surface area contributed by atoms with E-state index < -0.39 is 23.2 Å². The summed E-state index contributed by atoms with van der Waals surface area (Å²) in [6, 6.07) is 4.61. The third-order valence-corrected chi connectivity index (χ3v) is 3.65. The van der Waals surface area contributed by atoms with Crippen LogP contribution in [0.3, 0.4) is 0 Å². The van der Waals surface area contributed by atoms with E-state index in [1.807, 2.05) is 0 Å². The summed E-state index contributed by atoms with van der Waals surface area (Å²) in [5, 5.41) is 2.50. The Morgan fingerprint density at radius 2 is 2.00 bits per heavy atom. The molecular weight excluding hydrogens is 335 g/mol. The van der Waals surface area contributed by atoms with E-state index in [4.69, 9.17) is 4.74 Å². The van der Waals surface area contributed by atoms with Crippen molar-refractivity contribution >= 4 is 11.9 Å². The van der Waals surface area contributed by atoms with E-state index in [-0.39, 0.29) is 24.9 Å². The maximum atomic E-state index is 13.0. The number of carbonyl (C=O) groups excluding carboxylic acids is 2. The Balaban J connectivity index is 2.06. The molecule has 1 aromatic carbocycles. The molecule has 0 saturated carbocycles. The number of hydrogen-bond donors (Lipinski definition) is 1. The van der Waals surface area contributed by atoms with Crippen LogP contribution in [0.2, 0.25) is 0 Å². The summed E-state index contributed by atoms with van der Waals surface area (Å²) in [7, 11) is 0. The predicted molar refractivity (Wildman–Crippen MR) is 85.5 cm³/mol. The minimum absolute atomic E-state index is 0.149. The maximum absolute atomic E-state index is 13.0. The van der Waals surface area contributed by atoms with Gasteiger partial charge in [-0.05, 0) is 37.5 Å². The zero-order valence-corrected chi connectivity index (χ0v) is 13.6. The first kappa shape index (κ1) is 18.8. The molecule has 25 heavy (non-hydrogen) atoms. The lowest BCUT2D eigenvalue weighted by Gasteiger charge is -2.19. The second kappa shape index (κ2) is 8.00. The van der Waals surface area contributed by atoms with Gasteiger partial charge in [-0.25, -0.2) is 0 Å². The van der Waals surface area contributed by atoms with Gasteiger partial charge in [0.25, 0.3) is 5.91 Å². The molecule has 1 atom stereocenters. The molecule has 0 aromatic heterocycles. The van der Waals surface area contributed by atoms with Crippen LogP contribution in [-0.2, 0) is 15.7 Å². The van der Waals surface area contributed by atoms with Crippen molar-refractivity contribution in [2.45, 2.75) is 25.9 Å². The van der Waals surface area contributed by atoms with Gasteiger partial charge in [0.15, 0.2) is 0 Å². The molecule has 7 heteroatoms. The summed E-state index contributed by atoms with van der Waals surface area (Å²) in [5.41, 5.74) is -0.964. The monoisotopic (exact) mass is 353 g/mol. The molecule has 0 heterocycles. The zero-order valence-electron chi connectivity index (χ0n) is 13.6. The van der Waals surface area contributed by atoms with Gasteiger partial charge < -0.3 is 10.1 Å². The molecule has 0 radical (unpaired) electrons. The molecule has 134 valence electrons. The molecule has 0 saturated heterocycles. The first-order valence-corrected chi connectivity index (χ1v) is 7.81. The van der Waals surface area contributed by atoms with Crippen molar-refractivity contribution in [3.05, 3.63) is 59.3 Å². The summed E-state index contributed by atoms with van der Waals surface area (Å²) < 4.78 is 43.9. The molecule has 1 aromatic rings. The van der Waals surface area contributed by atoms with Crippen LogP contribution in [0.1, 0.15) is 35.7 Å². The quantitative estimate of drug-likeness (QED) is 0.818. The highest BCUT2D eigenvalue weighted by Crippen LogP contribution is 2.32. The van der Waals surface area contributed by atoms with Crippen LogP contribution in [0, 0.1) is 5.92 Å². The molecule has 1 unspecified atom stereocenters. The topological polar surface area (TPSA) is 55.4 Å². The number of ether oxygens (including phenoxy) is 1. The fourth-order valence-electron chi connectivity index (χ4n) is 2.56. The van der Waals surface area contributed by atoms with Crippen molar-refractivity contribution < 1.29 is 27.5 Å². The van der Waals surface area contributed by atoms with Gasteiger partial charge in [0.2, 0.25) is 0 Å². The van der Waals surface area contributed by atoms with E-state index >= 15 is 0 Å². The summed E-state index contributed by atoms with van der Waals surface area (Å²) in [6.45, 7) is 1.99. The highest BCUT2D eigenvalue weighted by atomic mass is 19.4. The smallest absolute Gasteiger partial charge is 0.417 e. The summed E-state index contributed by atoms with van der Waals surface area (Å²) in [5.74, 6) is -1.35. The van der Waals surface area contributed by atoms with E-state index in [1.54, 1.807) is 25.2 Å². The van der Waals surface area contributed by atoms with Crippen LogP contribution in [0.4, 0.5) is 13.2 Å². The molecule has 1 aliphatic rings. The van der Waals surface area contributed by atoms with E-state index in [1.165, 1.54) is 12.1 Å². The maximum Gasteiger partial charge on any atom is 0.417 e. The molecule has 4 nitrogen and oxygen atoms in total. The van der Waals surface area contributed by atoms with Gasteiger partial charge in [0, 0.05) is 5.70 Å². The minimum atomic E-state index is -4.61. The van der Waals surface area contributed by atoms with Crippen molar-refractivity contribution in [3.8, 4) is 0 Å². The standard InChI is InChI=1S/C18H18F3NO3/c1-2-25-16(23)11-12-6-5-7-13(10-12)22-17(24)14-8-3-4-9-15(14)18(19,20)21/h3-9,12H,2,10-11H2,1H3,(H,22,24). The zero-order chi connectivity index (χ0) is 18.4. The molecule has 1 N–H and O–H groups in total. The van der Waals surface area contributed by atoms with E-state index in [0.717, 1.165) is 12.1 Å². The Bertz CT molecular complexity index is 708. The number of alkyl halides is 3. The molecule has 0 bridgehead atoms. The predicted octanol–water partition coefficient (Wildman–Crippen LogP) is 3.85. The lowest BCUT2D eigenvalue weighted by atomic mass is 9.94. The summed E-state index contributed by atoms with van der Waals surface area (Å²) in [6.07, 6.45) is 0.956. The van der Waals surface area contributed by atoms with Gasteiger partial charge in [-0.1, -0.05) is 24.3 Å². The third kappa shape index (κ3) is 5.20. The molecule has 0 fully saturated rings. The normalized spacial score (nSPS) is 17.0. The van der Waals surface area contributed by atoms with E-state index in [0.29, 0.717) is 12.1 Å². The minimum Gasteiger partial charge on any atom is -0.466 e. The van der Waals surface area contributed by atoms with Crippen LogP contribution in [0.25, 0.3) is 0 Å². The first-order chi connectivity index (χ1) is 11.8. The molecular formula is C18H18F3NO3. The van der Waals surface area contributed by atoms with Crippen molar-refractivity contribution in [1.82, 2.24) is 5.32 Å². The van der Waals surface area contributed by atoms with Crippen LogP contribution in [0.5, 0.6) is 0 Å². The number of hydrogen-bond acceptors (Lipinski definition) is 3. The van der Waals surface area contributed by atoms with Crippen molar-refractivity contribution in [1.29, 1.82) is 0 Å². The first-order valence-electron chi connectivity index (χ1n) is 7.81. The average molecular weight is 353 g/mol. The number of nitrogens with one attached hydrogen (secondary N) is 1. The Labute approximate surface area is 143 Å². The lowest BCUT2D eigenvalue weighted by molar-refractivity contribution is -0.144. The Hall–Kier alpha value is -2.57. The Morgan fingerprint density at radius 3 is 2.68 bits per heavy atom. The molecule has 2 rings (SSSR count). The summed E-state index contributed by atoms with van der Waals surface area (Å²) in [4.78, 5) is 23.8. The fourth-order valence-corrected chi connectivity index (χ4v) is 2.56. The van der Waals surface area contributed by atoms with Gasteiger partial charge in [-0.15, -0.1) is 0 Å². The fraction of sp³-hybridized carbons (Fsp3) is 0.333. The number of halogens is 3. The third-order valence-electron chi connectivity index (χ3n) is 3.65. The van der Waals surface area contributed by atoms with Gasteiger partial charge in [0.1, 0.15) is 0 Å². The van der Waals surface area contributed by atoms with Crippen LogP contribution < -0.4 is 5.32 Å². The van der Waals surface area contributed by atoms with Crippen LogP contribution >= 0.6 is 0 Å². The highest BCUT2D eigenvalue weighted by Gasteiger charge is 2.35. The number of rotatable bonds is 5. The highest BCUT2D eigenvalue weighted by molar-refractivity contribution is 5.97. The van der Waals surface area contributed by atoms with Gasteiger partial charge in [0.05, 0.1) is 24.2 Å². The molecule has 1 amide bonds. The van der Waals surface area contributed by atoms with Crippen LogP contribution in [0.15, 0.2) is 48.2 Å². The van der Waals surface area contributed by atoms with Crippen molar-refractivity contribution in [2.24, 2.45) is 5.92 Å². The number of carbonyl (C=O) groups is 2. The number of benzene rings is 1. The number of amides is 1. The summed E-state index contributed by atoms with van der Waals surface area (Å²) >= 11 is 0. The molecule has 1 aliphatic carbocycles. The van der Waals surface area contributed by atoms with Gasteiger partial charge >= 0.3 is 12.1 Å². The van der Waals surface area contributed by atoms with E-state index in [2.05, 4.69) is 5.32 Å². The van der Waals surface area contributed by atoms with Gasteiger partial charge in [-0.2, -0.15) is 13.2 Å². The second-order valence-corrected chi connectivity index (χ2v) is 5.55. The molecule has 0 spiro atoms. The van der Waals surface area contributed by atoms with Crippen LogP contribution in [-0.4, -0.2) is 18.5 Å². The molecule has 0 aliphatic heterocycles. The van der Waals surface area contributed by atoms with E-state index in [9.17, 15) is 22.8 Å². The Morgan fingerprint density at radius 1 is 1.28 bits per heavy atom. The second-order valence-electron chi connectivity index (χ2n) is 5.55. The van der Waals surface area contributed by atoms with Crippen molar-refractivity contribution in [2.75, 3.05) is 6.61 Å². The van der Waals surface area contributed by atoms with Crippen molar-refractivity contribution in [3.63, 3.8) is 0 Å². The number of esters is 1. The lowest BCUT2D eigenvalue weighted by Crippen LogP contribution is -2.27. The number of allylic oxidation sites excluding steroid dienone is 4. The average Bonchev–Trinajstić information content (AvgIpc) is 2.54. The largest absolute Gasteiger partial charge is 0.466 e. The Kier molecular flexibility index (Phi) is 6.01. The SMILES string of the molecule is CCOC(=O)CC1C=CC=C(NC(=O)c2ccccc2C(F)(F)F)C1. The van der Waals surface area contributed by atoms with Gasteiger partial charge in [-0.3, -0.25) is 9.59 Å².